The summed E-state index contributed by atoms with van der Waals surface area (Å²) in [5, 5.41) is 0. The zero-order chi connectivity index (χ0) is 19.6. The lowest BCUT2D eigenvalue weighted by Gasteiger charge is -2.38. The predicted octanol–water partition coefficient (Wildman–Crippen LogP) is 5.73. The van der Waals surface area contributed by atoms with Gasteiger partial charge in [-0.2, -0.15) is 0 Å². The molecule has 3 rings (SSSR count). The highest BCUT2D eigenvalue weighted by Crippen LogP contribution is 2.25. The summed E-state index contributed by atoms with van der Waals surface area (Å²) in [6, 6.07) is 21.3. The zero-order valence-electron chi connectivity index (χ0n) is 17.6. The molecule has 0 radical (unpaired) electrons. The van der Waals surface area contributed by atoms with Crippen LogP contribution in [0, 0.1) is 0 Å². The smallest absolute Gasteiger partial charge is 0.227 e. The number of halogens is 1. The molecule has 158 valence electrons. The van der Waals surface area contributed by atoms with Crippen molar-refractivity contribution in [1.29, 1.82) is 0 Å². The number of carbonyl (C=O) groups is 1. The third-order valence-corrected chi connectivity index (χ3v) is 5.78. The standard InChI is InChI=1S/C25H34N2O.ClH/c1-2-3-6-15-25(28)27(23-13-9-5-10-14-23)24-17-20-26(21-18-24)19-16-22-11-7-4-8-12-22;/h4-5,7-14,24H,2-3,6,15-21H2,1H3;1H. The van der Waals surface area contributed by atoms with Gasteiger partial charge in [0.2, 0.25) is 5.91 Å². The number of para-hydroxylation sites is 1. The van der Waals surface area contributed by atoms with Crippen LogP contribution < -0.4 is 4.90 Å². The molecule has 1 amide bonds. The summed E-state index contributed by atoms with van der Waals surface area (Å²) in [5.74, 6) is 0.294. The van der Waals surface area contributed by atoms with E-state index in [4.69, 9.17) is 0 Å². The van der Waals surface area contributed by atoms with Crippen molar-refractivity contribution in [3.05, 3.63) is 66.2 Å². The normalized spacial score (nSPS) is 14.9. The van der Waals surface area contributed by atoms with Crippen LogP contribution in [0.2, 0.25) is 0 Å². The summed E-state index contributed by atoms with van der Waals surface area (Å²) in [6.07, 6.45) is 7.16. The molecular formula is C25H35ClN2O. The second kappa shape index (κ2) is 12.7. The minimum Gasteiger partial charge on any atom is -0.309 e. The van der Waals surface area contributed by atoms with Crippen LogP contribution in [0.25, 0.3) is 0 Å². The van der Waals surface area contributed by atoms with Gasteiger partial charge in [-0.3, -0.25) is 4.79 Å². The van der Waals surface area contributed by atoms with E-state index in [9.17, 15) is 4.79 Å². The third kappa shape index (κ3) is 7.17. The molecule has 0 spiro atoms. The number of benzene rings is 2. The van der Waals surface area contributed by atoms with Gasteiger partial charge >= 0.3 is 0 Å². The van der Waals surface area contributed by atoms with E-state index in [-0.39, 0.29) is 12.4 Å². The van der Waals surface area contributed by atoms with Gasteiger partial charge in [-0.1, -0.05) is 68.3 Å². The first-order valence-corrected chi connectivity index (χ1v) is 10.9. The van der Waals surface area contributed by atoms with Crippen molar-refractivity contribution in [3.8, 4) is 0 Å². The Balaban J connectivity index is 0.00000300. The first-order chi connectivity index (χ1) is 13.8. The van der Waals surface area contributed by atoms with E-state index < -0.39 is 0 Å². The highest BCUT2D eigenvalue weighted by molar-refractivity contribution is 5.93. The first-order valence-electron chi connectivity index (χ1n) is 10.9. The molecule has 2 aromatic rings. The van der Waals surface area contributed by atoms with Gasteiger partial charge in [-0.15, -0.1) is 12.4 Å². The molecule has 29 heavy (non-hydrogen) atoms. The number of likely N-dealkylation sites (tertiary alicyclic amines) is 1. The largest absolute Gasteiger partial charge is 0.309 e. The molecule has 4 heteroatoms. The molecule has 0 unspecified atom stereocenters. The van der Waals surface area contributed by atoms with Crippen molar-refractivity contribution in [2.24, 2.45) is 0 Å². The summed E-state index contributed by atoms with van der Waals surface area (Å²) in [6.45, 7) is 5.43. The van der Waals surface area contributed by atoms with Crippen LogP contribution in [0.5, 0.6) is 0 Å². The average Bonchev–Trinajstić information content (AvgIpc) is 2.75. The van der Waals surface area contributed by atoms with Gasteiger partial charge in [0.15, 0.2) is 0 Å². The molecule has 0 aromatic heterocycles. The Bertz CT molecular complexity index is 699. The van der Waals surface area contributed by atoms with Gasteiger partial charge in [-0.25, -0.2) is 0 Å². The van der Waals surface area contributed by atoms with E-state index in [1.165, 1.54) is 5.56 Å². The fraction of sp³-hybridized carbons (Fsp3) is 0.480. The Morgan fingerprint density at radius 2 is 1.59 bits per heavy atom. The van der Waals surface area contributed by atoms with E-state index in [2.05, 4.69) is 59.2 Å². The van der Waals surface area contributed by atoms with Gasteiger partial charge in [0.1, 0.15) is 0 Å². The second-order valence-corrected chi connectivity index (χ2v) is 7.86. The van der Waals surface area contributed by atoms with Gasteiger partial charge in [0.05, 0.1) is 0 Å². The van der Waals surface area contributed by atoms with Crippen molar-refractivity contribution in [2.75, 3.05) is 24.5 Å². The molecule has 0 bridgehead atoms. The summed E-state index contributed by atoms with van der Waals surface area (Å²) in [7, 11) is 0. The number of hydrogen-bond donors (Lipinski definition) is 0. The first kappa shape index (κ1) is 23.4. The van der Waals surface area contributed by atoms with E-state index >= 15 is 0 Å². The minimum atomic E-state index is 0. The molecule has 1 aliphatic heterocycles. The number of unbranched alkanes of at least 4 members (excludes halogenated alkanes) is 2. The maximum atomic E-state index is 13.0. The Hall–Kier alpha value is -1.84. The van der Waals surface area contributed by atoms with Crippen molar-refractivity contribution in [1.82, 2.24) is 4.90 Å². The molecule has 0 atom stereocenters. The van der Waals surface area contributed by atoms with E-state index in [0.717, 1.165) is 63.8 Å². The van der Waals surface area contributed by atoms with Gasteiger partial charge in [0, 0.05) is 37.8 Å². The monoisotopic (exact) mass is 414 g/mol. The van der Waals surface area contributed by atoms with E-state index in [1.807, 2.05) is 18.2 Å². The topological polar surface area (TPSA) is 23.6 Å². The van der Waals surface area contributed by atoms with Gasteiger partial charge < -0.3 is 9.80 Å². The molecule has 2 aromatic carbocycles. The molecule has 0 aliphatic carbocycles. The van der Waals surface area contributed by atoms with Crippen LogP contribution in [-0.4, -0.2) is 36.5 Å². The number of carbonyl (C=O) groups excluding carboxylic acids is 1. The summed E-state index contributed by atoms with van der Waals surface area (Å²) in [4.78, 5) is 17.7. The van der Waals surface area contributed by atoms with Crippen LogP contribution in [0.1, 0.15) is 51.0 Å². The minimum absolute atomic E-state index is 0. The fourth-order valence-corrected chi connectivity index (χ4v) is 4.13. The number of nitrogens with zero attached hydrogens (tertiary/aromatic N) is 2. The number of amides is 1. The van der Waals surface area contributed by atoms with Crippen LogP contribution in [-0.2, 0) is 11.2 Å². The molecule has 1 saturated heterocycles. The van der Waals surface area contributed by atoms with Crippen molar-refractivity contribution < 1.29 is 4.79 Å². The van der Waals surface area contributed by atoms with Crippen LogP contribution in [0.15, 0.2) is 60.7 Å². The highest BCUT2D eigenvalue weighted by atomic mass is 35.5. The SMILES string of the molecule is CCCCCC(=O)N(c1ccccc1)C1CCN(CCc2ccccc2)CC1.Cl. The number of anilines is 1. The zero-order valence-corrected chi connectivity index (χ0v) is 18.4. The van der Waals surface area contributed by atoms with Crippen LogP contribution in [0.4, 0.5) is 5.69 Å². The van der Waals surface area contributed by atoms with Crippen LogP contribution in [0.3, 0.4) is 0 Å². The number of rotatable bonds is 9. The van der Waals surface area contributed by atoms with Gasteiger partial charge in [-0.05, 0) is 43.4 Å². The highest BCUT2D eigenvalue weighted by Gasteiger charge is 2.28. The lowest BCUT2D eigenvalue weighted by molar-refractivity contribution is -0.119. The summed E-state index contributed by atoms with van der Waals surface area (Å²) >= 11 is 0. The molecule has 0 saturated carbocycles. The molecule has 3 nitrogen and oxygen atoms in total. The quantitative estimate of drug-likeness (QED) is 0.489. The Morgan fingerprint density at radius 3 is 2.21 bits per heavy atom. The predicted molar refractivity (Wildman–Crippen MR) is 125 cm³/mol. The third-order valence-electron chi connectivity index (χ3n) is 5.78. The molecule has 1 aliphatic rings. The Morgan fingerprint density at radius 1 is 0.966 bits per heavy atom. The fourth-order valence-electron chi connectivity index (χ4n) is 4.13. The van der Waals surface area contributed by atoms with Crippen molar-refractivity contribution in [3.63, 3.8) is 0 Å². The summed E-state index contributed by atoms with van der Waals surface area (Å²) in [5.41, 5.74) is 2.47. The second-order valence-electron chi connectivity index (χ2n) is 7.86. The van der Waals surface area contributed by atoms with E-state index in [1.54, 1.807) is 0 Å². The maximum absolute atomic E-state index is 13.0. The maximum Gasteiger partial charge on any atom is 0.227 e. The molecule has 0 N–H and O–H groups in total. The lowest BCUT2D eigenvalue weighted by Crippen LogP contribution is -2.48. The number of piperidine rings is 1. The Labute approximate surface area is 182 Å². The van der Waals surface area contributed by atoms with Crippen molar-refractivity contribution >= 4 is 24.0 Å². The Kier molecular flexibility index (Phi) is 10.2. The van der Waals surface area contributed by atoms with Gasteiger partial charge in [0.25, 0.3) is 0 Å². The van der Waals surface area contributed by atoms with E-state index in [0.29, 0.717) is 18.4 Å². The lowest BCUT2D eigenvalue weighted by atomic mass is 10.0. The summed E-state index contributed by atoms with van der Waals surface area (Å²) < 4.78 is 0. The number of hydrogen-bond acceptors (Lipinski definition) is 2. The van der Waals surface area contributed by atoms with Crippen LogP contribution >= 0.6 is 12.4 Å². The molecule has 1 heterocycles. The average molecular weight is 415 g/mol. The van der Waals surface area contributed by atoms with Crippen molar-refractivity contribution in [2.45, 2.75) is 57.9 Å². The molecule has 1 fully saturated rings. The molecular weight excluding hydrogens is 380 g/mol.